The molecule has 1 heterocycles. The minimum absolute atomic E-state index is 0.199. The number of aryl methyl sites for hydroxylation is 2. The molecule has 0 radical (unpaired) electrons. The molecule has 0 N–H and O–H groups in total. The van der Waals surface area contributed by atoms with Crippen molar-refractivity contribution in [2.45, 2.75) is 33.3 Å². The van der Waals surface area contributed by atoms with Crippen LogP contribution < -0.4 is 4.74 Å². The Morgan fingerprint density at radius 2 is 1.88 bits per heavy atom. The summed E-state index contributed by atoms with van der Waals surface area (Å²) in [6.07, 6.45) is 2.41. The molecule has 0 bridgehead atoms. The van der Waals surface area contributed by atoms with Gasteiger partial charge in [-0.2, -0.15) is 0 Å². The van der Waals surface area contributed by atoms with Crippen molar-refractivity contribution in [2.24, 2.45) is 0 Å². The summed E-state index contributed by atoms with van der Waals surface area (Å²) >= 11 is 0. The maximum absolute atomic E-state index is 12.4. The standard InChI is InChI=1S/C21H25NO2/c1-16-6-5-7-18(12-16)15-24-21-9-8-19(13-17(21)2)20(23)14-22-10-3-4-11-22/h5-9,12-13H,3-4,10-11,14-15H2,1-2H3. The highest BCUT2D eigenvalue weighted by atomic mass is 16.5. The molecule has 1 saturated heterocycles. The molecule has 1 fully saturated rings. The monoisotopic (exact) mass is 323 g/mol. The Morgan fingerprint density at radius 3 is 2.58 bits per heavy atom. The first-order valence-electron chi connectivity index (χ1n) is 8.66. The summed E-state index contributed by atoms with van der Waals surface area (Å²) < 4.78 is 5.92. The Hall–Kier alpha value is -2.13. The predicted molar refractivity (Wildman–Crippen MR) is 96.7 cm³/mol. The number of likely N-dealkylation sites (tertiary alicyclic amines) is 1. The van der Waals surface area contributed by atoms with E-state index in [1.807, 2.05) is 31.2 Å². The van der Waals surface area contributed by atoms with Crippen LogP contribution in [0.3, 0.4) is 0 Å². The third-order valence-corrected chi connectivity index (χ3v) is 4.54. The first-order chi connectivity index (χ1) is 11.6. The number of Topliss-reactive ketones (excluding diaryl/α,β-unsaturated/α-hetero) is 1. The third kappa shape index (κ3) is 4.24. The number of nitrogens with zero attached hydrogens (tertiary/aromatic N) is 1. The van der Waals surface area contributed by atoms with E-state index in [4.69, 9.17) is 4.74 Å². The van der Waals surface area contributed by atoms with Crippen LogP contribution in [0.4, 0.5) is 0 Å². The van der Waals surface area contributed by atoms with Gasteiger partial charge in [-0.15, -0.1) is 0 Å². The molecule has 0 aromatic heterocycles. The van der Waals surface area contributed by atoms with Crippen molar-refractivity contribution in [3.63, 3.8) is 0 Å². The zero-order chi connectivity index (χ0) is 16.9. The van der Waals surface area contributed by atoms with E-state index in [1.54, 1.807) is 0 Å². The van der Waals surface area contributed by atoms with Crippen molar-refractivity contribution in [3.05, 3.63) is 64.7 Å². The van der Waals surface area contributed by atoms with Crippen LogP contribution in [-0.4, -0.2) is 30.3 Å². The molecular weight excluding hydrogens is 298 g/mol. The maximum atomic E-state index is 12.4. The Balaban J connectivity index is 1.62. The van der Waals surface area contributed by atoms with Gasteiger partial charge in [-0.05, 0) is 69.1 Å². The van der Waals surface area contributed by atoms with Gasteiger partial charge in [0.15, 0.2) is 5.78 Å². The fourth-order valence-electron chi connectivity index (χ4n) is 3.18. The lowest BCUT2D eigenvalue weighted by Crippen LogP contribution is -2.26. The summed E-state index contributed by atoms with van der Waals surface area (Å²) in [5.74, 6) is 1.04. The largest absolute Gasteiger partial charge is 0.489 e. The molecule has 126 valence electrons. The van der Waals surface area contributed by atoms with Crippen LogP contribution >= 0.6 is 0 Å². The molecule has 1 aliphatic rings. The zero-order valence-electron chi connectivity index (χ0n) is 14.5. The molecule has 2 aromatic rings. The van der Waals surface area contributed by atoms with Gasteiger partial charge >= 0.3 is 0 Å². The summed E-state index contributed by atoms with van der Waals surface area (Å²) in [7, 11) is 0. The van der Waals surface area contributed by atoms with Gasteiger partial charge in [-0.3, -0.25) is 9.69 Å². The second-order valence-corrected chi connectivity index (χ2v) is 6.66. The Kier molecular flexibility index (Phi) is 5.31. The first-order valence-corrected chi connectivity index (χ1v) is 8.66. The molecule has 0 unspecified atom stereocenters. The molecule has 0 aliphatic carbocycles. The van der Waals surface area contributed by atoms with Crippen LogP contribution in [0.25, 0.3) is 0 Å². The average Bonchev–Trinajstić information content (AvgIpc) is 3.06. The number of ketones is 1. The maximum Gasteiger partial charge on any atom is 0.176 e. The number of ether oxygens (including phenoxy) is 1. The molecular formula is C21H25NO2. The number of carbonyl (C=O) groups excluding carboxylic acids is 1. The Bertz CT molecular complexity index is 718. The van der Waals surface area contributed by atoms with E-state index in [9.17, 15) is 4.79 Å². The molecule has 0 atom stereocenters. The molecule has 1 aliphatic heterocycles. The fourth-order valence-corrected chi connectivity index (χ4v) is 3.18. The van der Waals surface area contributed by atoms with Gasteiger partial charge in [0.1, 0.15) is 12.4 Å². The molecule has 0 amide bonds. The van der Waals surface area contributed by atoms with Gasteiger partial charge in [0, 0.05) is 5.56 Å². The van der Waals surface area contributed by atoms with Crippen molar-refractivity contribution in [1.29, 1.82) is 0 Å². The summed E-state index contributed by atoms with van der Waals surface area (Å²) in [5.41, 5.74) is 4.18. The molecule has 3 nitrogen and oxygen atoms in total. The lowest BCUT2D eigenvalue weighted by molar-refractivity contribution is 0.0945. The topological polar surface area (TPSA) is 29.5 Å². The van der Waals surface area contributed by atoms with Crippen LogP contribution in [0.2, 0.25) is 0 Å². The summed E-state index contributed by atoms with van der Waals surface area (Å²) in [6.45, 7) is 7.24. The molecule has 0 saturated carbocycles. The molecule has 3 rings (SSSR count). The van der Waals surface area contributed by atoms with E-state index in [2.05, 4.69) is 30.0 Å². The first kappa shape index (κ1) is 16.7. The summed E-state index contributed by atoms with van der Waals surface area (Å²) in [6, 6.07) is 14.1. The van der Waals surface area contributed by atoms with Gasteiger partial charge in [0.25, 0.3) is 0 Å². The number of hydrogen-bond donors (Lipinski definition) is 0. The normalized spacial score (nSPS) is 14.8. The Morgan fingerprint density at radius 1 is 1.08 bits per heavy atom. The second kappa shape index (κ2) is 7.63. The van der Waals surface area contributed by atoms with Crippen LogP contribution in [-0.2, 0) is 6.61 Å². The number of hydrogen-bond acceptors (Lipinski definition) is 3. The van der Waals surface area contributed by atoms with Crippen LogP contribution in [0.15, 0.2) is 42.5 Å². The van der Waals surface area contributed by atoms with E-state index in [0.29, 0.717) is 13.2 Å². The van der Waals surface area contributed by atoms with Crippen molar-refractivity contribution in [2.75, 3.05) is 19.6 Å². The second-order valence-electron chi connectivity index (χ2n) is 6.66. The molecule has 3 heteroatoms. The van der Waals surface area contributed by atoms with Crippen molar-refractivity contribution >= 4 is 5.78 Å². The molecule has 2 aromatic carbocycles. The smallest absolute Gasteiger partial charge is 0.176 e. The van der Waals surface area contributed by atoms with Gasteiger partial charge < -0.3 is 4.74 Å². The highest BCUT2D eigenvalue weighted by Gasteiger charge is 2.16. The average molecular weight is 323 g/mol. The fraction of sp³-hybridized carbons (Fsp3) is 0.381. The summed E-state index contributed by atoms with van der Waals surface area (Å²) in [5, 5.41) is 0. The van der Waals surface area contributed by atoms with E-state index in [1.165, 1.54) is 18.4 Å². The van der Waals surface area contributed by atoms with Crippen LogP contribution in [0, 0.1) is 13.8 Å². The van der Waals surface area contributed by atoms with Crippen LogP contribution in [0.5, 0.6) is 5.75 Å². The predicted octanol–water partition coefficient (Wildman–Crippen LogP) is 4.16. The highest BCUT2D eigenvalue weighted by Crippen LogP contribution is 2.21. The van der Waals surface area contributed by atoms with Crippen LogP contribution in [0.1, 0.15) is 39.9 Å². The minimum atomic E-state index is 0.199. The lowest BCUT2D eigenvalue weighted by Gasteiger charge is -2.14. The van der Waals surface area contributed by atoms with Crippen molar-refractivity contribution < 1.29 is 9.53 Å². The van der Waals surface area contributed by atoms with Crippen molar-refractivity contribution in [3.8, 4) is 5.75 Å². The van der Waals surface area contributed by atoms with Gasteiger partial charge in [0.2, 0.25) is 0 Å². The number of carbonyl (C=O) groups is 1. The summed E-state index contributed by atoms with van der Waals surface area (Å²) in [4.78, 5) is 14.6. The Labute approximate surface area is 144 Å². The quantitative estimate of drug-likeness (QED) is 0.748. The van der Waals surface area contributed by atoms with Crippen molar-refractivity contribution in [1.82, 2.24) is 4.90 Å². The highest BCUT2D eigenvalue weighted by molar-refractivity contribution is 5.98. The SMILES string of the molecule is Cc1cccc(COc2ccc(C(=O)CN3CCCC3)cc2C)c1. The van der Waals surface area contributed by atoms with E-state index in [0.717, 1.165) is 35.5 Å². The van der Waals surface area contributed by atoms with Gasteiger partial charge in [0.05, 0.1) is 6.54 Å². The van der Waals surface area contributed by atoms with Gasteiger partial charge in [-0.25, -0.2) is 0 Å². The number of benzene rings is 2. The van der Waals surface area contributed by atoms with E-state index in [-0.39, 0.29) is 5.78 Å². The zero-order valence-corrected chi connectivity index (χ0v) is 14.5. The van der Waals surface area contributed by atoms with E-state index < -0.39 is 0 Å². The van der Waals surface area contributed by atoms with Gasteiger partial charge in [-0.1, -0.05) is 29.8 Å². The minimum Gasteiger partial charge on any atom is -0.489 e. The number of rotatable bonds is 6. The third-order valence-electron chi connectivity index (χ3n) is 4.54. The molecule has 0 spiro atoms. The molecule has 24 heavy (non-hydrogen) atoms. The lowest BCUT2D eigenvalue weighted by atomic mass is 10.1. The van der Waals surface area contributed by atoms with E-state index >= 15 is 0 Å².